The van der Waals surface area contributed by atoms with Crippen molar-refractivity contribution in [3.8, 4) is 0 Å². The number of rotatable bonds is 1. The van der Waals surface area contributed by atoms with Crippen LogP contribution < -0.4 is 0 Å². The fourth-order valence-corrected chi connectivity index (χ4v) is 4.42. The summed E-state index contributed by atoms with van der Waals surface area (Å²) in [6.07, 6.45) is 7.58. The van der Waals surface area contributed by atoms with E-state index in [2.05, 4.69) is 0 Å². The zero-order valence-electron chi connectivity index (χ0n) is 13.9. The molecule has 2 saturated heterocycles. The highest BCUT2D eigenvalue weighted by Crippen LogP contribution is 2.44. The van der Waals surface area contributed by atoms with Crippen LogP contribution in [0.3, 0.4) is 0 Å². The van der Waals surface area contributed by atoms with Crippen LogP contribution in [0.2, 0.25) is 0 Å². The zero-order valence-corrected chi connectivity index (χ0v) is 13.9. The van der Waals surface area contributed by atoms with Gasteiger partial charge in [0.15, 0.2) is 5.60 Å². The van der Waals surface area contributed by atoms with Crippen LogP contribution in [0.15, 0.2) is 0 Å². The maximum atomic E-state index is 13.0. The van der Waals surface area contributed by atoms with Gasteiger partial charge in [-0.15, -0.1) is 0 Å². The minimum Gasteiger partial charge on any atom is -0.362 e. The Kier molecular flexibility index (Phi) is 4.19. The highest BCUT2D eigenvalue weighted by Gasteiger charge is 2.47. The molecule has 1 atom stereocenters. The fourth-order valence-electron chi connectivity index (χ4n) is 4.42. The van der Waals surface area contributed by atoms with Gasteiger partial charge >= 0.3 is 0 Å². The zero-order chi connectivity index (χ0) is 15.8. The van der Waals surface area contributed by atoms with Crippen LogP contribution in [0.25, 0.3) is 0 Å². The second kappa shape index (κ2) is 5.84. The minimum atomic E-state index is -0.871. The number of carbonyl (C=O) groups is 2. The third-order valence-corrected chi connectivity index (χ3v) is 5.81. The normalized spacial score (nSPS) is 31.5. The SMILES string of the molecule is CC(=O)N1CCOC(C)(C(=O)N2CCC3(CCCCC3)C2)C1. The molecule has 1 spiro atoms. The van der Waals surface area contributed by atoms with Gasteiger partial charge in [0.2, 0.25) is 5.91 Å². The van der Waals surface area contributed by atoms with E-state index in [0.29, 0.717) is 25.1 Å². The monoisotopic (exact) mass is 308 g/mol. The number of hydrogen-bond acceptors (Lipinski definition) is 3. The molecular weight excluding hydrogens is 280 g/mol. The number of likely N-dealkylation sites (tertiary alicyclic amines) is 1. The third kappa shape index (κ3) is 2.87. The van der Waals surface area contributed by atoms with E-state index >= 15 is 0 Å². The van der Waals surface area contributed by atoms with Gasteiger partial charge in [-0.3, -0.25) is 9.59 Å². The first-order chi connectivity index (χ1) is 10.4. The summed E-state index contributed by atoms with van der Waals surface area (Å²) >= 11 is 0. The van der Waals surface area contributed by atoms with Gasteiger partial charge in [-0.2, -0.15) is 0 Å². The number of hydrogen-bond donors (Lipinski definition) is 0. The van der Waals surface area contributed by atoms with Gasteiger partial charge in [0, 0.05) is 26.6 Å². The van der Waals surface area contributed by atoms with Gasteiger partial charge in [0.25, 0.3) is 5.91 Å². The lowest BCUT2D eigenvalue weighted by Crippen LogP contribution is -2.59. The van der Waals surface area contributed by atoms with Crippen LogP contribution in [0.4, 0.5) is 0 Å². The van der Waals surface area contributed by atoms with E-state index in [9.17, 15) is 9.59 Å². The van der Waals surface area contributed by atoms with Crippen molar-refractivity contribution in [3.63, 3.8) is 0 Å². The number of amides is 2. The first kappa shape index (κ1) is 15.8. The molecule has 1 aliphatic carbocycles. The number of ether oxygens (including phenoxy) is 1. The topological polar surface area (TPSA) is 49.9 Å². The van der Waals surface area contributed by atoms with E-state index < -0.39 is 5.60 Å². The quantitative estimate of drug-likeness (QED) is 0.742. The molecule has 0 aromatic heterocycles. The summed E-state index contributed by atoms with van der Waals surface area (Å²) in [6, 6.07) is 0. The molecule has 0 aromatic rings. The molecule has 124 valence electrons. The van der Waals surface area contributed by atoms with Crippen LogP contribution in [-0.2, 0) is 14.3 Å². The number of carbonyl (C=O) groups excluding carboxylic acids is 2. The second-order valence-electron chi connectivity index (χ2n) is 7.56. The predicted octanol–water partition coefficient (Wildman–Crippen LogP) is 1.81. The molecule has 1 unspecified atom stereocenters. The van der Waals surface area contributed by atoms with Gasteiger partial charge in [-0.25, -0.2) is 0 Å². The van der Waals surface area contributed by atoms with E-state index in [1.807, 2.05) is 11.8 Å². The van der Waals surface area contributed by atoms with Crippen LogP contribution in [-0.4, -0.2) is 60.0 Å². The van der Waals surface area contributed by atoms with Crippen molar-refractivity contribution in [3.05, 3.63) is 0 Å². The van der Waals surface area contributed by atoms with E-state index in [-0.39, 0.29) is 11.8 Å². The Labute approximate surface area is 133 Å². The van der Waals surface area contributed by atoms with Gasteiger partial charge in [-0.05, 0) is 31.6 Å². The lowest BCUT2D eigenvalue weighted by atomic mass is 9.73. The van der Waals surface area contributed by atoms with Crippen molar-refractivity contribution in [2.24, 2.45) is 5.41 Å². The first-order valence-corrected chi connectivity index (χ1v) is 8.63. The lowest BCUT2D eigenvalue weighted by Gasteiger charge is -2.41. The van der Waals surface area contributed by atoms with E-state index in [4.69, 9.17) is 4.74 Å². The third-order valence-electron chi connectivity index (χ3n) is 5.81. The Morgan fingerprint density at radius 2 is 1.68 bits per heavy atom. The lowest BCUT2D eigenvalue weighted by molar-refractivity contribution is -0.170. The van der Waals surface area contributed by atoms with Gasteiger partial charge in [0.1, 0.15) is 0 Å². The molecule has 3 aliphatic rings. The first-order valence-electron chi connectivity index (χ1n) is 8.63. The Bertz CT molecular complexity index is 459. The molecule has 3 rings (SSSR count). The average Bonchev–Trinajstić information content (AvgIpc) is 2.90. The summed E-state index contributed by atoms with van der Waals surface area (Å²) in [5.41, 5.74) is -0.511. The number of morpholine rings is 1. The van der Waals surface area contributed by atoms with Crippen LogP contribution in [0.1, 0.15) is 52.4 Å². The van der Waals surface area contributed by atoms with Gasteiger partial charge in [0.05, 0.1) is 13.2 Å². The molecule has 5 nitrogen and oxygen atoms in total. The van der Waals surface area contributed by atoms with Crippen molar-refractivity contribution in [1.29, 1.82) is 0 Å². The van der Waals surface area contributed by atoms with Crippen molar-refractivity contribution >= 4 is 11.8 Å². The van der Waals surface area contributed by atoms with Crippen LogP contribution in [0, 0.1) is 5.41 Å². The molecule has 0 N–H and O–H groups in total. The maximum absolute atomic E-state index is 13.0. The van der Waals surface area contributed by atoms with E-state index in [1.165, 1.54) is 32.1 Å². The molecule has 0 aromatic carbocycles. The standard InChI is InChI=1S/C17H28N2O3/c1-14(20)18-10-11-22-16(2,12-18)15(21)19-9-8-17(13-19)6-4-3-5-7-17/h3-13H2,1-2H3. The fraction of sp³-hybridized carbons (Fsp3) is 0.882. The van der Waals surface area contributed by atoms with E-state index in [0.717, 1.165) is 19.5 Å². The van der Waals surface area contributed by atoms with Gasteiger partial charge < -0.3 is 14.5 Å². The molecule has 2 aliphatic heterocycles. The Balaban J connectivity index is 1.67. The Hall–Kier alpha value is -1.10. The summed E-state index contributed by atoms with van der Waals surface area (Å²) in [4.78, 5) is 28.3. The molecule has 22 heavy (non-hydrogen) atoms. The summed E-state index contributed by atoms with van der Waals surface area (Å²) in [7, 11) is 0. The van der Waals surface area contributed by atoms with Crippen molar-refractivity contribution < 1.29 is 14.3 Å². The van der Waals surface area contributed by atoms with Crippen molar-refractivity contribution in [1.82, 2.24) is 9.80 Å². The van der Waals surface area contributed by atoms with Crippen molar-refractivity contribution in [2.45, 2.75) is 58.0 Å². The second-order valence-corrected chi connectivity index (χ2v) is 7.56. The maximum Gasteiger partial charge on any atom is 0.256 e. The van der Waals surface area contributed by atoms with Crippen LogP contribution >= 0.6 is 0 Å². The molecule has 2 heterocycles. The van der Waals surface area contributed by atoms with Gasteiger partial charge in [-0.1, -0.05) is 19.3 Å². The molecule has 2 amide bonds. The smallest absolute Gasteiger partial charge is 0.256 e. The summed E-state index contributed by atoms with van der Waals surface area (Å²) < 4.78 is 5.81. The molecule has 0 radical (unpaired) electrons. The molecule has 0 bridgehead atoms. The molecular formula is C17H28N2O3. The Morgan fingerprint density at radius 3 is 2.36 bits per heavy atom. The largest absolute Gasteiger partial charge is 0.362 e. The highest BCUT2D eigenvalue weighted by molar-refractivity contribution is 5.86. The van der Waals surface area contributed by atoms with Crippen molar-refractivity contribution in [2.75, 3.05) is 32.8 Å². The summed E-state index contributed by atoms with van der Waals surface area (Å²) in [5.74, 6) is 0.0911. The summed E-state index contributed by atoms with van der Waals surface area (Å²) in [6.45, 7) is 6.54. The highest BCUT2D eigenvalue weighted by atomic mass is 16.5. The average molecular weight is 308 g/mol. The van der Waals surface area contributed by atoms with Crippen LogP contribution in [0.5, 0.6) is 0 Å². The predicted molar refractivity (Wildman–Crippen MR) is 83.3 cm³/mol. The Morgan fingerprint density at radius 1 is 0.955 bits per heavy atom. The summed E-state index contributed by atoms with van der Waals surface area (Å²) in [5, 5.41) is 0. The van der Waals surface area contributed by atoms with E-state index in [1.54, 1.807) is 11.8 Å². The molecule has 3 fully saturated rings. The molecule has 5 heteroatoms. The minimum absolute atomic E-state index is 0.0208. The molecule has 1 saturated carbocycles. The number of nitrogens with zero attached hydrogens (tertiary/aromatic N) is 2.